The number of carbonyl (C=O) groups excluding carboxylic acids is 1. The van der Waals surface area contributed by atoms with E-state index in [1.165, 1.54) is 0 Å². The van der Waals surface area contributed by atoms with Crippen molar-refractivity contribution in [2.24, 2.45) is 7.05 Å². The van der Waals surface area contributed by atoms with E-state index in [1.54, 1.807) is 11.7 Å². The van der Waals surface area contributed by atoms with Crippen LogP contribution in [0.3, 0.4) is 0 Å². The van der Waals surface area contributed by atoms with E-state index < -0.39 is 5.97 Å². The molecule has 1 aliphatic rings. The van der Waals surface area contributed by atoms with Crippen molar-refractivity contribution >= 4 is 17.7 Å². The van der Waals surface area contributed by atoms with Crippen molar-refractivity contribution in [3.63, 3.8) is 0 Å². The second kappa shape index (κ2) is 6.86. The van der Waals surface area contributed by atoms with Gasteiger partial charge in [-0.25, -0.2) is 0 Å². The second-order valence-electron chi connectivity index (χ2n) is 6.31. The predicted octanol–water partition coefficient (Wildman–Crippen LogP) is 2.88. The number of rotatable bonds is 7. The minimum absolute atomic E-state index is 0.0733. The Kier molecular flexibility index (Phi) is 4.64. The van der Waals surface area contributed by atoms with Crippen molar-refractivity contribution in [1.82, 2.24) is 9.78 Å². The van der Waals surface area contributed by atoms with Crippen LogP contribution in [0.2, 0.25) is 0 Å². The number of aryl methyl sites for hydroxylation is 1. The topological polar surface area (TPSA) is 84.2 Å². The molecule has 6 heteroatoms. The SMILES string of the molecule is Cn1nc(C2CC2)cc1NC(=O)C[C@@H](CC(=O)O)c1ccccc1. The molecule has 1 fully saturated rings. The van der Waals surface area contributed by atoms with Crippen LogP contribution in [-0.4, -0.2) is 26.8 Å². The van der Waals surface area contributed by atoms with E-state index in [4.69, 9.17) is 5.11 Å². The van der Waals surface area contributed by atoms with Crippen molar-refractivity contribution in [1.29, 1.82) is 0 Å². The maximum absolute atomic E-state index is 12.4. The van der Waals surface area contributed by atoms with Crippen LogP contribution in [0.1, 0.15) is 48.8 Å². The van der Waals surface area contributed by atoms with Crippen molar-refractivity contribution in [3.8, 4) is 0 Å². The van der Waals surface area contributed by atoms with Crippen molar-refractivity contribution in [2.45, 2.75) is 37.5 Å². The van der Waals surface area contributed by atoms with Crippen molar-refractivity contribution in [3.05, 3.63) is 47.7 Å². The van der Waals surface area contributed by atoms with Crippen molar-refractivity contribution < 1.29 is 14.7 Å². The van der Waals surface area contributed by atoms with Crippen LogP contribution in [0.5, 0.6) is 0 Å². The van der Waals surface area contributed by atoms with Gasteiger partial charge < -0.3 is 10.4 Å². The molecule has 1 heterocycles. The van der Waals surface area contributed by atoms with Gasteiger partial charge in [0, 0.05) is 31.4 Å². The van der Waals surface area contributed by atoms with Gasteiger partial charge in [-0.1, -0.05) is 30.3 Å². The Labute approximate surface area is 140 Å². The average molecular weight is 327 g/mol. The van der Waals surface area contributed by atoms with E-state index in [0.29, 0.717) is 11.7 Å². The zero-order valence-corrected chi connectivity index (χ0v) is 13.6. The molecular weight excluding hydrogens is 306 g/mol. The maximum Gasteiger partial charge on any atom is 0.303 e. The fourth-order valence-corrected chi connectivity index (χ4v) is 2.85. The lowest BCUT2D eigenvalue weighted by atomic mass is 9.92. The van der Waals surface area contributed by atoms with Crippen LogP contribution in [0.25, 0.3) is 0 Å². The van der Waals surface area contributed by atoms with Crippen molar-refractivity contribution in [2.75, 3.05) is 5.32 Å². The first-order valence-electron chi connectivity index (χ1n) is 8.13. The summed E-state index contributed by atoms with van der Waals surface area (Å²) >= 11 is 0. The molecule has 2 N–H and O–H groups in total. The van der Waals surface area contributed by atoms with Gasteiger partial charge in [0.2, 0.25) is 5.91 Å². The number of benzene rings is 1. The normalized spacial score (nSPS) is 15.0. The number of nitrogens with zero attached hydrogens (tertiary/aromatic N) is 2. The molecule has 1 aromatic carbocycles. The van der Waals surface area contributed by atoms with Gasteiger partial charge in [-0.2, -0.15) is 5.10 Å². The number of hydrogen-bond donors (Lipinski definition) is 2. The highest BCUT2D eigenvalue weighted by molar-refractivity contribution is 5.90. The van der Waals surface area contributed by atoms with Crippen LogP contribution in [0, 0.1) is 0 Å². The lowest BCUT2D eigenvalue weighted by Crippen LogP contribution is -2.19. The van der Waals surface area contributed by atoms with Gasteiger partial charge >= 0.3 is 5.97 Å². The molecule has 0 bridgehead atoms. The van der Waals surface area contributed by atoms with E-state index in [0.717, 1.165) is 24.1 Å². The summed E-state index contributed by atoms with van der Waals surface area (Å²) in [5.74, 6) is -0.279. The summed E-state index contributed by atoms with van der Waals surface area (Å²) in [6.07, 6.45) is 2.36. The zero-order valence-electron chi connectivity index (χ0n) is 13.6. The van der Waals surface area contributed by atoms with Crippen LogP contribution >= 0.6 is 0 Å². The number of aliphatic carboxylic acids is 1. The summed E-state index contributed by atoms with van der Waals surface area (Å²) in [6, 6.07) is 11.2. The lowest BCUT2D eigenvalue weighted by molar-refractivity contribution is -0.137. The number of carbonyl (C=O) groups is 2. The van der Waals surface area contributed by atoms with Crippen LogP contribution < -0.4 is 5.32 Å². The Morgan fingerprint density at radius 3 is 2.62 bits per heavy atom. The molecule has 6 nitrogen and oxygen atoms in total. The summed E-state index contributed by atoms with van der Waals surface area (Å²) in [4.78, 5) is 23.5. The van der Waals surface area contributed by atoms with Crippen LogP contribution in [-0.2, 0) is 16.6 Å². The number of aromatic nitrogens is 2. The Morgan fingerprint density at radius 1 is 1.29 bits per heavy atom. The smallest absolute Gasteiger partial charge is 0.303 e. The molecule has 24 heavy (non-hydrogen) atoms. The molecule has 0 unspecified atom stereocenters. The molecule has 1 amide bonds. The summed E-state index contributed by atoms with van der Waals surface area (Å²) in [5.41, 5.74) is 1.87. The number of carboxylic acids is 1. The number of carboxylic acid groups (broad SMARTS) is 1. The van der Waals surface area contributed by atoms with Crippen LogP contribution in [0.15, 0.2) is 36.4 Å². The van der Waals surface area contributed by atoms with E-state index in [1.807, 2.05) is 36.4 Å². The quantitative estimate of drug-likeness (QED) is 0.819. The number of hydrogen-bond acceptors (Lipinski definition) is 3. The fourth-order valence-electron chi connectivity index (χ4n) is 2.85. The number of nitrogens with one attached hydrogen (secondary N) is 1. The lowest BCUT2D eigenvalue weighted by Gasteiger charge is -2.15. The molecule has 0 radical (unpaired) electrons. The molecule has 1 saturated carbocycles. The molecule has 1 aliphatic carbocycles. The highest BCUT2D eigenvalue weighted by atomic mass is 16.4. The van der Waals surface area contributed by atoms with Gasteiger partial charge in [0.25, 0.3) is 0 Å². The fraction of sp³-hybridized carbons (Fsp3) is 0.389. The Hall–Kier alpha value is -2.63. The number of anilines is 1. The standard InChI is InChI=1S/C18H21N3O3/c1-21-16(11-15(20-21)13-7-8-13)19-17(22)9-14(10-18(23)24)12-5-3-2-4-6-12/h2-6,11,13-14H,7-10H2,1H3,(H,19,22)(H,23,24)/t14-/m0/s1. The van der Waals surface area contributed by atoms with E-state index in [9.17, 15) is 9.59 Å². The minimum Gasteiger partial charge on any atom is -0.481 e. The van der Waals surface area contributed by atoms with Gasteiger partial charge in [-0.15, -0.1) is 0 Å². The Bertz CT molecular complexity index is 735. The van der Waals surface area contributed by atoms with E-state index in [-0.39, 0.29) is 24.7 Å². The number of amides is 1. The predicted molar refractivity (Wildman–Crippen MR) is 89.9 cm³/mol. The maximum atomic E-state index is 12.4. The molecule has 3 rings (SSSR count). The highest BCUT2D eigenvalue weighted by Crippen LogP contribution is 2.40. The first kappa shape index (κ1) is 16.2. The molecule has 0 saturated heterocycles. The molecule has 0 aliphatic heterocycles. The van der Waals surface area contributed by atoms with E-state index >= 15 is 0 Å². The third-order valence-corrected chi connectivity index (χ3v) is 4.29. The third kappa shape index (κ3) is 4.01. The van der Waals surface area contributed by atoms with E-state index in [2.05, 4.69) is 10.4 Å². The highest BCUT2D eigenvalue weighted by Gasteiger charge is 2.27. The summed E-state index contributed by atoms with van der Waals surface area (Å²) in [5, 5.41) is 16.4. The van der Waals surface area contributed by atoms with Gasteiger partial charge in [0.1, 0.15) is 5.82 Å². The molecule has 1 aromatic heterocycles. The summed E-state index contributed by atoms with van der Waals surface area (Å²) < 4.78 is 1.67. The molecular formula is C18H21N3O3. The Balaban J connectivity index is 1.68. The van der Waals surface area contributed by atoms with Gasteiger partial charge in [0.15, 0.2) is 0 Å². The van der Waals surface area contributed by atoms with Gasteiger partial charge in [-0.3, -0.25) is 14.3 Å². The monoisotopic (exact) mass is 327 g/mol. The van der Waals surface area contributed by atoms with Gasteiger partial charge in [-0.05, 0) is 18.4 Å². The Morgan fingerprint density at radius 2 is 2.00 bits per heavy atom. The zero-order chi connectivity index (χ0) is 17.1. The molecule has 126 valence electrons. The second-order valence-corrected chi connectivity index (χ2v) is 6.31. The van der Waals surface area contributed by atoms with Crippen LogP contribution in [0.4, 0.5) is 5.82 Å². The van der Waals surface area contributed by atoms with Gasteiger partial charge in [0.05, 0.1) is 12.1 Å². The average Bonchev–Trinajstić information content (AvgIpc) is 3.33. The molecule has 1 atom stereocenters. The summed E-state index contributed by atoms with van der Waals surface area (Å²) in [7, 11) is 1.80. The largest absolute Gasteiger partial charge is 0.481 e. The first-order chi connectivity index (χ1) is 11.5. The molecule has 2 aromatic rings. The minimum atomic E-state index is -0.909. The third-order valence-electron chi connectivity index (χ3n) is 4.29. The summed E-state index contributed by atoms with van der Waals surface area (Å²) in [6.45, 7) is 0. The first-order valence-corrected chi connectivity index (χ1v) is 8.13. The molecule has 0 spiro atoms.